The average Bonchev–Trinajstić information content (AvgIpc) is 2.37. The number of hydrogen-bond donors (Lipinski definition) is 3. The number of amides is 1. The quantitative estimate of drug-likeness (QED) is 0.793. The third kappa shape index (κ3) is 2.82. The molecule has 98 valence electrons. The van der Waals surface area contributed by atoms with E-state index < -0.39 is 23.0 Å². The summed E-state index contributed by atoms with van der Waals surface area (Å²) >= 11 is 0. The first-order valence-corrected chi connectivity index (χ1v) is 5.62. The highest BCUT2D eigenvalue weighted by molar-refractivity contribution is 5.97. The molecule has 0 atom stereocenters. The van der Waals surface area contributed by atoms with Gasteiger partial charge in [-0.3, -0.25) is 4.79 Å². The van der Waals surface area contributed by atoms with E-state index in [1.807, 2.05) is 0 Å². The molecule has 0 saturated heterocycles. The fraction of sp³-hybridized carbons (Fsp3) is 0.0714. The molecule has 4 nitrogen and oxygen atoms in total. The van der Waals surface area contributed by atoms with Crippen LogP contribution in [0.1, 0.15) is 15.9 Å². The number of rotatable bonds is 3. The highest BCUT2D eigenvalue weighted by Crippen LogP contribution is 2.20. The Labute approximate surface area is 109 Å². The highest BCUT2D eigenvalue weighted by atomic mass is 19.1. The lowest BCUT2D eigenvalue weighted by molar-refractivity contribution is 0.0944. The van der Waals surface area contributed by atoms with E-state index in [0.29, 0.717) is 5.56 Å². The Morgan fingerprint density at radius 1 is 1.05 bits per heavy atom. The number of phenols is 2. The van der Waals surface area contributed by atoms with Crippen LogP contribution < -0.4 is 5.32 Å². The Morgan fingerprint density at radius 2 is 1.74 bits per heavy atom. The van der Waals surface area contributed by atoms with Gasteiger partial charge in [-0.05, 0) is 18.2 Å². The minimum Gasteiger partial charge on any atom is -0.508 e. The van der Waals surface area contributed by atoms with E-state index in [1.54, 1.807) is 18.2 Å². The summed E-state index contributed by atoms with van der Waals surface area (Å²) in [6, 6.07) is 10.1. The molecule has 0 unspecified atom stereocenters. The van der Waals surface area contributed by atoms with Crippen LogP contribution in [-0.2, 0) is 6.54 Å². The zero-order valence-corrected chi connectivity index (χ0v) is 9.93. The molecule has 0 heterocycles. The van der Waals surface area contributed by atoms with Crippen molar-refractivity contribution >= 4 is 5.91 Å². The van der Waals surface area contributed by atoms with Gasteiger partial charge >= 0.3 is 0 Å². The Morgan fingerprint density at radius 3 is 2.42 bits per heavy atom. The minimum absolute atomic E-state index is 0.0410. The lowest BCUT2D eigenvalue weighted by atomic mass is 10.1. The highest BCUT2D eigenvalue weighted by Gasteiger charge is 2.16. The van der Waals surface area contributed by atoms with Crippen molar-refractivity contribution in [2.45, 2.75) is 6.54 Å². The van der Waals surface area contributed by atoms with Gasteiger partial charge in [-0.1, -0.05) is 24.3 Å². The van der Waals surface area contributed by atoms with E-state index >= 15 is 0 Å². The zero-order chi connectivity index (χ0) is 13.8. The van der Waals surface area contributed by atoms with Crippen LogP contribution in [0.2, 0.25) is 0 Å². The first-order valence-electron chi connectivity index (χ1n) is 5.62. The second-order valence-electron chi connectivity index (χ2n) is 3.95. The van der Waals surface area contributed by atoms with Crippen LogP contribution in [0.15, 0.2) is 42.5 Å². The second kappa shape index (κ2) is 5.39. The third-order valence-electron chi connectivity index (χ3n) is 2.65. The number of hydrogen-bond acceptors (Lipinski definition) is 3. The van der Waals surface area contributed by atoms with E-state index in [-0.39, 0.29) is 12.3 Å². The number of halogens is 1. The summed E-state index contributed by atoms with van der Waals surface area (Å²) in [6.07, 6.45) is 0. The summed E-state index contributed by atoms with van der Waals surface area (Å²) in [7, 11) is 0. The lowest BCUT2D eigenvalue weighted by Crippen LogP contribution is -2.24. The van der Waals surface area contributed by atoms with E-state index in [2.05, 4.69) is 5.32 Å². The van der Waals surface area contributed by atoms with Crippen molar-refractivity contribution < 1.29 is 19.4 Å². The van der Waals surface area contributed by atoms with Crippen LogP contribution in [0.25, 0.3) is 0 Å². The zero-order valence-electron chi connectivity index (χ0n) is 9.93. The average molecular weight is 261 g/mol. The van der Waals surface area contributed by atoms with Gasteiger partial charge in [0, 0.05) is 12.1 Å². The number of aromatic hydroxyl groups is 2. The molecular formula is C14H12FNO3. The van der Waals surface area contributed by atoms with Gasteiger partial charge in [-0.2, -0.15) is 0 Å². The first kappa shape index (κ1) is 12.9. The van der Waals surface area contributed by atoms with Gasteiger partial charge < -0.3 is 15.5 Å². The van der Waals surface area contributed by atoms with Gasteiger partial charge in [0.1, 0.15) is 22.9 Å². The van der Waals surface area contributed by atoms with Gasteiger partial charge in [0.25, 0.3) is 5.91 Å². The monoisotopic (exact) mass is 261 g/mol. The third-order valence-corrected chi connectivity index (χ3v) is 2.65. The Kier molecular flexibility index (Phi) is 3.66. The summed E-state index contributed by atoms with van der Waals surface area (Å²) < 4.78 is 13.4. The fourth-order valence-electron chi connectivity index (χ4n) is 1.66. The van der Waals surface area contributed by atoms with Crippen molar-refractivity contribution in [3.05, 3.63) is 59.4 Å². The molecule has 2 aromatic carbocycles. The van der Waals surface area contributed by atoms with Crippen LogP contribution in [0.5, 0.6) is 11.5 Å². The topological polar surface area (TPSA) is 69.6 Å². The smallest absolute Gasteiger partial charge is 0.258 e. The van der Waals surface area contributed by atoms with Gasteiger partial charge in [-0.25, -0.2) is 4.39 Å². The number of nitrogens with one attached hydrogen (secondary N) is 1. The molecule has 0 saturated carbocycles. The molecule has 0 bridgehead atoms. The number of benzene rings is 2. The molecule has 3 N–H and O–H groups in total. The predicted octanol–water partition coefficient (Wildman–Crippen LogP) is 2.17. The standard InChI is InChI=1S/C14H12FNO3/c15-10-5-3-7-12(18)13(10)14(19)16-8-9-4-1-2-6-11(9)17/h1-7,17-18H,8H2,(H,16,19). The van der Waals surface area contributed by atoms with Crippen LogP contribution in [0.4, 0.5) is 4.39 Å². The number of carbonyl (C=O) groups excluding carboxylic acids is 1. The maximum absolute atomic E-state index is 13.4. The predicted molar refractivity (Wildman–Crippen MR) is 67.3 cm³/mol. The second-order valence-corrected chi connectivity index (χ2v) is 3.95. The molecule has 0 spiro atoms. The van der Waals surface area contributed by atoms with Gasteiger partial charge in [0.2, 0.25) is 0 Å². The maximum Gasteiger partial charge on any atom is 0.258 e. The summed E-state index contributed by atoms with van der Waals surface area (Å²) in [5, 5.41) is 21.4. The van der Waals surface area contributed by atoms with Crippen molar-refractivity contribution in [2.24, 2.45) is 0 Å². The Hall–Kier alpha value is -2.56. The van der Waals surface area contributed by atoms with Crippen molar-refractivity contribution in [1.82, 2.24) is 5.32 Å². The van der Waals surface area contributed by atoms with Crippen LogP contribution in [-0.4, -0.2) is 16.1 Å². The van der Waals surface area contributed by atoms with Gasteiger partial charge in [0.15, 0.2) is 0 Å². The molecule has 0 radical (unpaired) electrons. The number of phenolic OH excluding ortho intramolecular Hbond substituents is 2. The largest absolute Gasteiger partial charge is 0.508 e. The normalized spacial score (nSPS) is 10.2. The molecule has 2 aromatic rings. The SMILES string of the molecule is O=C(NCc1ccccc1O)c1c(O)cccc1F. The Bertz CT molecular complexity index is 593. The summed E-state index contributed by atoms with van der Waals surface area (Å²) in [5.74, 6) is -1.91. The van der Waals surface area contributed by atoms with Gasteiger partial charge in [-0.15, -0.1) is 0 Å². The molecule has 2 rings (SSSR count). The van der Waals surface area contributed by atoms with Crippen molar-refractivity contribution in [3.63, 3.8) is 0 Å². The molecule has 5 heteroatoms. The number of para-hydroxylation sites is 1. The fourth-order valence-corrected chi connectivity index (χ4v) is 1.66. The van der Waals surface area contributed by atoms with E-state index in [4.69, 9.17) is 0 Å². The molecule has 0 aliphatic carbocycles. The van der Waals surface area contributed by atoms with E-state index in [1.165, 1.54) is 18.2 Å². The molecule has 0 aliphatic rings. The van der Waals surface area contributed by atoms with Crippen molar-refractivity contribution in [2.75, 3.05) is 0 Å². The van der Waals surface area contributed by atoms with Gasteiger partial charge in [0.05, 0.1) is 0 Å². The van der Waals surface area contributed by atoms with Crippen molar-refractivity contribution in [3.8, 4) is 11.5 Å². The minimum atomic E-state index is -0.796. The molecular weight excluding hydrogens is 249 g/mol. The molecule has 0 fully saturated rings. The van der Waals surface area contributed by atoms with Crippen LogP contribution in [0.3, 0.4) is 0 Å². The van der Waals surface area contributed by atoms with Crippen LogP contribution in [0, 0.1) is 5.82 Å². The summed E-state index contributed by atoms with van der Waals surface area (Å²) in [5.41, 5.74) is 0.101. The molecule has 19 heavy (non-hydrogen) atoms. The maximum atomic E-state index is 13.4. The molecule has 0 aliphatic heterocycles. The summed E-state index contributed by atoms with van der Waals surface area (Å²) in [6.45, 7) is 0.0410. The Balaban J connectivity index is 2.13. The molecule has 0 aromatic heterocycles. The summed E-state index contributed by atoms with van der Waals surface area (Å²) in [4.78, 5) is 11.8. The van der Waals surface area contributed by atoms with Crippen LogP contribution >= 0.6 is 0 Å². The van der Waals surface area contributed by atoms with Crippen molar-refractivity contribution in [1.29, 1.82) is 0 Å². The first-order chi connectivity index (χ1) is 9.09. The van der Waals surface area contributed by atoms with E-state index in [9.17, 15) is 19.4 Å². The molecule has 1 amide bonds. The lowest BCUT2D eigenvalue weighted by Gasteiger charge is -2.08. The number of carbonyl (C=O) groups is 1. The van der Waals surface area contributed by atoms with E-state index in [0.717, 1.165) is 6.07 Å².